The molecule has 1 amide bonds. The number of nitrogens with one attached hydrogen (secondary N) is 2. The van der Waals surface area contributed by atoms with E-state index in [1.165, 1.54) is 27.8 Å². The van der Waals surface area contributed by atoms with E-state index in [0.29, 0.717) is 12.5 Å². The molecule has 1 fully saturated rings. The Morgan fingerprint density at radius 1 is 1.12 bits per heavy atom. The molecule has 1 atom stereocenters. The molecule has 3 nitrogen and oxygen atoms in total. The van der Waals surface area contributed by atoms with Crippen LogP contribution in [-0.2, 0) is 17.6 Å². The molecule has 0 saturated carbocycles. The Morgan fingerprint density at radius 2 is 2.00 bits per heavy atom. The van der Waals surface area contributed by atoms with E-state index >= 15 is 0 Å². The molecule has 4 rings (SSSR count). The van der Waals surface area contributed by atoms with Crippen LogP contribution < -0.4 is 10.6 Å². The lowest BCUT2D eigenvalue weighted by Crippen LogP contribution is -2.36. The molecule has 1 aliphatic carbocycles. The molecule has 0 radical (unpaired) electrons. The SMILES string of the molecule is O=C(CCCc1ccc2c(c1)-c1ccccc1C2)NC1CCNC1. The van der Waals surface area contributed by atoms with Crippen molar-refractivity contribution in [1.82, 2.24) is 10.6 Å². The van der Waals surface area contributed by atoms with Crippen molar-refractivity contribution >= 4 is 5.91 Å². The maximum Gasteiger partial charge on any atom is 0.220 e. The topological polar surface area (TPSA) is 41.1 Å². The van der Waals surface area contributed by atoms with Gasteiger partial charge in [-0.15, -0.1) is 0 Å². The average molecular weight is 320 g/mol. The molecule has 2 aromatic carbocycles. The molecule has 1 heterocycles. The minimum absolute atomic E-state index is 0.190. The Bertz CT molecular complexity index is 747. The van der Waals surface area contributed by atoms with Crippen molar-refractivity contribution in [2.75, 3.05) is 13.1 Å². The fraction of sp³-hybridized carbons (Fsp3) is 0.381. The van der Waals surface area contributed by atoms with Crippen molar-refractivity contribution in [3.63, 3.8) is 0 Å². The van der Waals surface area contributed by atoms with Gasteiger partial charge in [-0.05, 0) is 60.0 Å². The summed E-state index contributed by atoms with van der Waals surface area (Å²) in [5.41, 5.74) is 6.94. The first kappa shape index (κ1) is 15.4. The number of hydrogen-bond acceptors (Lipinski definition) is 2. The minimum Gasteiger partial charge on any atom is -0.352 e. The summed E-state index contributed by atoms with van der Waals surface area (Å²) in [5.74, 6) is 0.190. The van der Waals surface area contributed by atoms with Crippen LogP contribution >= 0.6 is 0 Å². The van der Waals surface area contributed by atoms with Gasteiger partial charge < -0.3 is 10.6 Å². The van der Waals surface area contributed by atoms with E-state index in [1.54, 1.807) is 0 Å². The number of aryl methyl sites for hydroxylation is 1. The van der Waals surface area contributed by atoms with Gasteiger partial charge in [0.25, 0.3) is 0 Å². The zero-order valence-electron chi connectivity index (χ0n) is 14.0. The number of hydrogen-bond donors (Lipinski definition) is 2. The predicted molar refractivity (Wildman–Crippen MR) is 97.0 cm³/mol. The molecular formula is C21H24N2O. The molecular weight excluding hydrogens is 296 g/mol. The summed E-state index contributed by atoms with van der Waals surface area (Å²) in [6.07, 6.45) is 4.59. The largest absolute Gasteiger partial charge is 0.352 e. The number of carbonyl (C=O) groups is 1. The molecule has 1 saturated heterocycles. The van der Waals surface area contributed by atoms with Gasteiger partial charge in [0.15, 0.2) is 0 Å². The fourth-order valence-electron chi connectivity index (χ4n) is 3.86. The van der Waals surface area contributed by atoms with Gasteiger partial charge in [-0.3, -0.25) is 4.79 Å². The highest BCUT2D eigenvalue weighted by Crippen LogP contribution is 2.36. The first-order valence-electron chi connectivity index (χ1n) is 9.00. The average Bonchev–Trinajstić information content (AvgIpc) is 3.22. The molecule has 2 aromatic rings. The van der Waals surface area contributed by atoms with Crippen LogP contribution in [-0.4, -0.2) is 25.0 Å². The van der Waals surface area contributed by atoms with Gasteiger partial charge in [0.1, 0.15) is 0 Å². The maximum absolute atomic E-state index is 12.0. The third-order valence-corrected chi connectivity index (χ3v) is 5.16. The van der Waals surface area contributed by atoms with Gasteiger partial charge in [0.2, 0.25) is 5.91 Å². The van der Waals surface area contributed by atoms with Crippen LogP contribution in [0.15, 0.2) is 42.5 Å². The van der Waals surface area contributed by atoms with Gasteiger partial charge in [0, 0.05) is 19.0 Å². The molecule has 124 valence electrons. The second-order valence-corrected chi connectivity index (χ2v) is 6.94. The van der Waals surface area contributed by atoms with Crippen molar-refractivity contribution in [3.05, 3.63) is 59.2 Å². The summed E-state index contributed by atoms with van der Waals surface area (Å²) in [6.45, 7) is 1.93. The molecule has 0 spiro atoms. The molecule has 1 aliphatic heterocycles. The minimum atomic E-state index is 0.190. The van der Waals surface area contributed by atoms with Crippen LogP contribution in [0.2, 0.25) is 0 Å². The summed E-state index contributed by atoms with van der Waals surface area (Å²) in [5, 5.41) is 6.40. The molecule has 1 unspecified atom stereocenters. The van der Waals surface area contributed by atoms with Gasteiger partial charge in [-0.2, -0.15) is 0 Å². The summed E-state index contributed by atoms with van der Waals surface area (Å²) in [6, 6.07) is 15.8. The van der Waals surface area contributed by atoms with Crippen LogP contribution in [0.25, 0.3) is 11.1 Å². The van der Waals surface area contributed by atoms with Crippen LogP contribution in [0.5, 0.6) is 0 Å². The fourth-order valence-corrected chi connectivity index (χ4v) is 3.86. The second-order valence-electron chi connectivity index (χ2n) is 6.94. The van der Waals surface area contributed by atoms with Crippen molar-refractivity contribution < 1.29 is 4.79 Å². The van der Waals surface area contributed by atoms with Gasteiger partial charge in [-0.25, -0.2) is 0 Å². The monoisotopic (exact) mass is 320 g/mol. The first-order chi connectivity index (χ1) is 11.8. The number of rotatable bonds is 5. The molecule has 2 N–H and O–H groups in total. The van der Waals surface area contributed by atoms with Crippen LogP contribution in [0.3, 0.4) is 0 Å². The van der Waals surface area contributed by atoms with Crippen molar-refractivity contribution in [1.29, 1.82) is 0 Å². The van der Waals surface area contributed by atoms with Crippen molar-refractivity contribution in [2.24, 2.45) is 0 Å². The smallest absolute Gasteiger partial charge is 0.220 e. The van der Waals surface area contributed by atoms with Gasteiger partial charge >= 0.3 is 0 Å². The highest BCUT2D eigenvalue weighted by atomic mass is 16.1. The number of benzene rings is 2. The molecule has 2 aliphatic rings. The van der Waals surface area contributed by atoms with Crippen LogP contribution in [0, 0.1) is 0 Å². The van der Waals surface area contributed by atoms with E-state index < -0.39 is 0 Å². The van der Waals surface area contributed by atoms with Crippen molar-refractivity contribution in [2.45, 2.75) is 38.1 Å². The van der Waals surface area contributed by atoms with Crippen LogP contribution in [0.4, 0.5) is 0 Å². The van der Waals surface area contributed by atoms with Gasteiger partial charge in [-0.1, -0.05) is 42.5 Å². The number of amides is 1. The number of fused-ring (bicyclic) bond motifs is 3. The molecule has 0 aromatic heterocycles. The zero-order valence-corrected chi connectivity index (χ0v) is 14.0. The molecule has 0 bridgehead atoms. The van der Waals surface area contributed by atoms with E-state index in [4.69, 9.17) is 0 Å². The van der Waals surface area contributed by atoms with E-state index in [2.05, 4.69) is 53.1 Å². The van der Waals surface area contributed by atoms with E-state index in [0.717, 1.165) is 38.8 Å². The van der Waals surface area contributed by atoms with E-state index in [-0.39, 0.29) is 5.91 Å². The Balaban J connectivity index is 1.34. The molecule has 24 heavy (non-hydrogen) atoms. The zero-order chi connectivity index (χ0) is 16.4. The quantitative estimate of drug-likeness (QED) is 0.758. The lowest BCUT2D eigenvalue weighted by atomic mass is 10.00. The summed E-state index contributed by atoms with van der Waals surface area (Å²) in [7, 11) is 0. The lowest BCUT2D eigenvalue weighted by molar-refractivity contribution is -0.121. The first-order valence-corrected chi connectivity index (χ1v) is 9.00. The standard InChI is InChI=1S/C21H24N2O/c24-21(23-18-10-11-22-14-18)7-3-4-15-8-9-17-13-16-5-1-2-6-19(16)20(17)12-15/h1-2,5-6,8-9,12,18,22H,3-4,7,10-11,13-14H2,(H,23,24). The normalized spacial score (nSPS) is 18.2. The highest BCUT2D eigenvalue weighted by Gasteiger charge is 2.18. The summed E-state index contributed by atoms with van der Waals surface area (Å²) < 4.78 is 0. The highest BCUT2D eigenvalue weighted by molar-refractivity contribution is 5.77. The Kier molecular flexibility index (Phi) is 4.35. The predicted octanol–water partition coefficient (Wildman–Crippen LogP) is 3.06. The summed E-state index contributed by atoms with van der Waals surface area (Å²) >= 11 is 0. The Labute approximate surface area is 143 Å². The lowest BCUT2D eigenvalue weighted by Gasteiger charge is -2.11. The molecule has 3 heteroatoms. The summed E-state index contributed by atoms with van der Waals surface area (Å²) in [4.78, 5) is 12.0. The van der Waals surface area contributed by atoms with E-state index in [1.807, 2.05) is 0 Å². The van der Waals surface area contributed by atoms with Crippen molar-refractivity contribution in [3.8, 4) is 11.1 Å². The third-order valence-electron chi connectivity index (χ3n) is 5.16. The maximum atomic E-state index is 12.0. The van der Waals surface area contributed by atoms with Gasteiger partial charge in [0.05, 0.1) is 0 Å². The number of carbonyl (C=O) groups excluding carboxylic acids is 1. The Morgan fingerprint density at radius 3 is 2.88 bits per heavy atom. The van der Waals surface area contributed by atoms with E-state index in [9.17, 15) is 4.79 Å². The Hall–Kier alpha value is -2.13. The van der Waals surface area contributed by atoms with Crippen LogP contribution in [0.1, 0.15) is 36.0 Å². The third kappa shape index (κ3) is 3.22. The second kappa shape index (κ2) is 6.78.